The van der Waals surface area contributed by atoms with Crippen LogP contribution in [0.15, 0.2) is 44.9 Å². The quantitative estimate of drug-likeness (QED) is 0.670. The molecule has 0 aliphatic carbocycles. The summed E-state index contributed by atoms with van der Waals surface area (Å²) in [5, 5.41) is 2.74. The minimum absolute atomic E-state index is 0.0435. The van der Waals surface area contributed by atoms with Gasteiger partial charge in [0.1, 0.15) is 5.65 Å². The Balaban J connectivity index is 2.05. The summed E-state index contributed by atoms with van der Waals surface area (Å²) in [7, 11) is -0.707. The van der Waals surface area contributed by atoms with Gasteiger partial charge in [0.2, 0.25) is 0 Å². The average molecular weight is 423 g/mol. The van der Waals surface area contributed by atoms with Gasteiger partial charge >= 0.3 is 5.69 Å². The van der Waals surface area contributed by atoms with E-state index >= 15 is 0 Å². The van der Waals surface area contributed by atoms with E-state index in [9.17, 15) is 22.8 Å². The summed E-state index contributed by atoms with van der Waals surface area (Å²) < 4.78 is 25.6. The van der Waals surface area contributed by atoms with Crippen LogP contribution in [0.25, 0.3) is 11.0 Å². The lowest BCUT2D eigenvalue weighted by molar-refractivity contribution is 0.102. The maximum atomic E-state index is 12.6. The normalized spacial score (nSPS) is 11.6. The van der Waals surface area contributed by atoms with Crippen molar-refractivity contribution in [3.05, 3.63) is 61.9 Å². The van der Waals surface area contributed by atoms with Gasteiger partial charge in [-0.25, -0.2) is 18.2 Å². The zero-order chi connectivity index (χ0) is 20.8. The fraction of sp³-hybridized carbons (Fsp3) is 0.176. The lowest BCUT2D eigenvalue weighted by Crippen LogP contribution is -2.37. The molecule has 0 atom stereocenters. The summed E-state index contributed by atoms with van der Waals surface area (Å²) in [6, 6.07) is 5.17. The van der Waals surface area contributed by atoms with Crippen LogP contribution >= 0.6 is 11.6 Å². The number of fused-ring (bicyclic) bond motifs is 1. The molecule has 0 spiro atoms. The smallest absolute Gasteiger partial charge is 0.321 e. The van der Waals surface area contributed by atoms with Crippen LogP contribution in [-0.2, 0) is 23.9 Å². The van der Waals surface area contributed by atoms with E-state index in [1.54, 1.807) is 0 Å². The summed E-state index contributed by atoms with van der Waals surface area (Å²) in [6.45, 7) is 0. The summed E-state index contributed by atoms with van der Waals surface area (Å²) in [6.07, 6.45) is 2.30. The van der Waals surface area contributed by atoms with Gasteiger partial charge in [0.25, 0.3) is 11.5 Å². The number of hydrogen-bond donors (Lipinski definition) is 1. The lowest BCUT2D eigenvalue weighted by atomic mass is 10.2. The third-order valence-electron chi connectivity index (χ3n) is 4.16. The van der Waals surface area contributed by atoms with Crippen LogP contribution in [0.4, 0.5) is 5.69 Å². The number of carbonyl (C=O) groups is 1. The molecule has 1 amide bonds. The Labute approximate surface area is 164 Å². The molecule has 0 radical (unpaired) electrons. The van der Waals surface area contributed by atoms with Crippen LogP contribution in [0.2, 0.25) is 5.02 Å². The van der Waals surface area contributed by atoms with Crippen molar-refractivity contribution in [3.8, 4) is 0 Å². The van der Waals surface area contributed by atoms with Gasteiger partial charge in [0.15, 0.2) is 9.84 Å². The zero-order valence-electron chi connectivity index (χ0n) is 15.1. The number of hydrogen-bond acceptors (Lipinski definition) is 6. The minimum Gasteiger partial charge on any atom is -0.321 e. The fourth-order valence-corrected chi connectivity index (χ4v) is 3.49. The number of aryl methyl sites for hydroxylation is 1. The molecule has 2 aromatic heterocycles. The topological polar surface area (TPSA) is 120 Å². The van der Waals surface area contributed by atoms with Crippen molar-refractivity contribution in [1.82, 2.24) is 14.1 Å². The molecule has 1 aromatic carbocycles. The third-order valence-corrected chi connectivity index (χ3v) is 5.60. The fourth-order valence-electron chi connectivity index (χ4n) is 2.64. The first-order valence-corrected chi connectivity index (χ1v) is 10.1. The molecule has 0 aliphatic rings. The summed E-state index contributed by atoms with van der Waals surface area (Å²) >= 11 is 6.02. The monoisotopic (exact) mass is 422 g/mol. The number of amides is 1. The van der Waals surface area contributed by atoms with Gasteiger partial charge in [0.05, 0.1) is 32.8 Å². The number of nitrogens with zero attached hydrogens (tertiary/aromatic N) is 3. The van der Waals surface area contributed by atoms with E-state index in [2.05, 4.69) is 10.3 Å². The van der Waals surface area contributed by atoms with Crippen molar-refractivity contribution in [2.24, 2.45) is 14.1 Å². The predicted molar refractivity (Wildman–Crippen MR) is 105 cm³/mol. The molecule has 3 aromatic rings. The van der Waals surface area contributed by atoms with E-state index in [1.807, 2.05) is 0 Å². The molecule has 0 bridgehead atoms. The maximum absolute atomic E-state index is 12.6. The second-order valence-electron chi connectivity index (χ2n) is 6.17. The molecule has 11 heteroatoms. The highest BCUT2D eigenvalue weighted by Crippen LogP contribution is 2.22. The number of rotatable bonds is 3. The largest absolute Gasteiger partial charge is 0.332 e. The van der Waals surface area contributed by atoms with E-state index < -0.39 is 27.0 Å². The molecule has 0 fully saturated rings. The van der Waals surface area contributed by atoms with Crippen LogP contribution in [0.1, 0.15) is 10.4 Å². The first kappa shape index (κ1) is 19.8. The molecule has 9 nitrogen and oxygen atoms in total. The molecule has 0 unspecified atom stereocenters. The van der Waals surface area contributed by atoms with E-state index in [4.69, 9.17) is 11.6 Å². The van der Waals surface area contributed by atoms with E-state index in [-0.39, 0.29) is 32.2 Å². The number of benzene rings is 1. The highest BCUT2D eigenvalue weighted by molar-refractivity contribution is 7.90. The first-order valence-electron chi connectivity index (χ1n) is 7.87. The number of sulfone groups is 1. The Kier molecular flexibility index (Phi) is 4.86. The number of anilines is 1. The first-order chi connectivity index (χ1) is 13.0. The molecule has 1 N–H and O–H groups in total. The highest BCUT2D eigenvalue weighted by Gasteiger charge is 2.17. The lowest BCUT2D eigenvalue weighted by Gasteiger charge is -2.10. The Morgan fingerprint density at radius 3 is 2.46 bits per heavy atom. The van der Waals surface area contributed by atoms with Crippen LogP contribution < -0.4 is 16.6 Å². The van der Waals surface area contributed by atoms with Gasteiger partial charge in [0, 0.05) is 20.4 Å². The standard InChI is InChI=1S/C17H15ClN4O5S/c1-21-14-12(16(24)22(2)17(21)25)6-9(8-19-14)20-15(23)11-7-10(28(3,26)27)4-5-13(11)18/h4-8H,1-3H3,(H,20,23). The molecule has 2 heterocycles. The van der Waals surface area contributed by atoms with Crippen molar-refractivity contribution >= 4 is 44.1 Å². The van der Waals surface area contributed by atoms with Gasteiger partial charge < -0.3 is 5.32 Å². The van der Waals surface area contributed by atoms with Crippen LogP contribution in [0.5, 0.6) is 0 Å². The number of carbonyl (C=O) groups excluding carboxylic acids is 1. The van der Waals surface area contributed by atoms with Crippen molar-refractivity contribution in [1.29, 1.82) is 0 Å². The number of pyridine rings is 1. The highest BCUT2D eigenvalue weighted by atomic mass is 35.5. The van der Waals surface area contributed by atoms with Crippen molar-refractivity contribution < 1.29 is 13.2 Å². The van der Waals surface area contributed by atoms with Gasteiger partial charge in [-0.1, -0.05) is 11.6 Å². The Morgan fingerprint density at radius 1 is 1.14 bits per heavy atom. The second-order valence-corrected chi connectivity index (χ2v) is 8.59. The van der Waals surface area contributed by atoms with E-state index in [0.29, 0.717) is 0 Å². The number of nitrogens with one attached hydrogen (secondary N) is 1. The van der Waals surface area contributed by atoms with Gasteiger partial charge in [-0.3, -0.25) is 18.7 Å². The second kappa shape index (κ2) is 6.88. The van der Waals surface area contributed by atoms with Crippen LogP contribution in [-0.4, -0.2) is 34.7 Å². The predicted octanol–water partition coefficient (Wildman–Crippen LogP) is 0.941. The van der Waals surface area contributed by atoms with E-state index in [0.717, 1.165) is 10.8 Å². The van der Waals surface area contributed by atoms with Gasteiger partial charge in [-0.05, 0) is 24.3 Å². The molecule has 0 aliphatic heterocycles. The van der Waals surface area contributed by atoms with E-state index in [1.165, 1.54) is 49.1 Å². The molecular formula is C17H15ClN4O5S. The van der Waals surface area contributed by atoms with Crippen molar-refractivity contribution in [2.45, 2.75) is 4.90 Å². The van der Waals surface area contributed by atoms with Crippen LogP contribution in [0.3, 0.4) is 0 Å². The SMILES string of the molecule is Cn1c(=O)c2cc(NC(=O)c3cc(S(C)(=O)=O)ccc3Cl)cnc2n(C)c1=O. The maximum Gasteiger partial charge on any atom is 0.332 e. The zero-order valence-corrected chi connectivity index (χ0v) is 16.6. The molecule has 28 heavy (non-hydrogen) atoms. The summed E-state index contributed by atoms with van der Waals surface area (Å²) in [5.41, 5.74) is -0.764. The molecule has 3 rings (SSSR count). The molecule has 0 saturated carbocycles. The Hall–Kier alpha value is -2.98. The average Bonchev–Trinajstić information content (AvgIpc) is 2.63. The minimum atomic E-state index is -3.52. The van der Waals surface area contributed by atoms with Crippen molar-refractivity contribution in [3.63, 3.8) is 0 Å². The van der Waals surface area contributed by atoms with Gasteiger partial charge in [-0.2, -0.15) is 0 Å². The van der Waals surface area contributed by atoms with Crippen LogP contribution in [0, 0.1) is 0 Å². The Bertz CT molecular complexity index is 1360. The number of aromatic nitrogens is 3. The third kappa shape index (κ3) is 3.43. The molecular weight excluding hydrogens is 408 g/mol. The molecule has 0 saturated heterocycles. The number of halogens is 1. The summed E-state index contributed by atoms with van der Waals surface area (Å²) in [5.74, 6) is -0.668. The summed E-state index contributed by atoms with van der Waals surface area (Å²) in [4.78, 5) is 40.9. The Morgan fingerprint density at radius 2 is 1.82 bits per heavy atom. The van der Waals surface area contributed by atoms with Gasteiger partial charge in [-0.15, -0.1) is 0 Å². The van der Waals surface area contributed by atoms with Crippen molar-refractivity contribution in [2.75, 3.05) is 11.6 Å². The molecule has 146 valence electrons.